The molecule has 0 saturated carbocycles. The minimum absolute atomic E-state index is 0.147. The molecular formula is C15H16ClN3OS. The molecule has 0 aliphatic carbocycles. The Morgan fingerprint density at radius 1 is 1.29 bits per heavy atom. The predicted octanol–water partition coefficient (Wildman–Crippen LogP) is 3.13. The first-order chi connectivity index (χ1) is 10.1. The van der Waals surface area contributed by atoms with Gasteiger partial charge in [0.05, 0.1) is 5.69 Å². The van der Waals surface area contributed by atoms with E-state index in [1.54, 1.807) is 18.3 Å². The summed E-state index contributed by atoms with van der Waals surface area (Å²) in [5, 5.41) is 3.78. The summed E-state index contributed by atoms with van der Waals surface area (Å²) in [4.78, 5) is 20.2. The molecule has 2 heterocycles. The van der Waals surface area contributed by atoms with Crippen molar-refractivity contribution >= 4 is 34.0 Å². The monoisotopic (exact) mass is 321 g/mol. The number of carbonyl (C=O) groups excluding carboxylic acids is 1. The van der Waals surface area contributed by atoms with Gasteiger partial charge in [-0.05, 0) is 12.1 Å². The van der Waals surface area contributed by atoms with Crippen molar-refractivity contribution in [2.75, 3.05) is 31.1 Å². The molecule has 3 rings (SSSR count). The first kappa shape index (κ1) is 14.4. The second-order valence-corrected chi connectivity index (χ2v) is 6.29. The van der Waals surface area contributed by atoms with Crippen molar-refractivity contribution in [1.29, 1.82) is 0 Å². The summed E-state index contributed by atoms with van der Waals surface area (Å²) in [7, 11) is 0. The van der Waals surface area contributed by atoms with Crippen LogP contribution in [-0.2, 0) is 4.79 Å². The van der Waals surface area contributed by atoms with Crippen molar-refractivity contribution in [3.63, 3.8) is 0 Å². The van der Waals surface area contributed by atoms with Gasteiger partial charge in [-0.2, -0.15) is 0 Å². The van der Waals surface area contributed by atoms with Gasteiger partial charge in [0.25, 0.3) is 0 Å². The minimum atomic E-state index is 0.147. The molecule has 110 valence electrons. The van der Waals surface area contributed by atoms with Crippen LogP contribution in [-0.4, -0.2) is 42.0 Å². The molecule has 1 saturated heterocycles. The SMILES string of the molecule is CC(=O)N1CCN(c2nc(-c3cccc(Cl)c3)cs2)CC1. The number of thiazole rings is 1. The first-order valence-corrected chi connectivity index (χ1v) is 8.11. The number of aromatic nitrogens is 1. The van der Waals surface area contributed by atoms with E-state index in [1.807, 2.05) is 29.2 Å². The van der Waals surface area contributed by atoms with Crippen LogP contribution in [0.25, 0.3) is 11.3 Å². The number of carbonyl (C=O) groups is 1. The van der Waals surface area contributed by atoms with E-state index in [-0.39, 0.29) is 5.91 Å². The number of piperazine rings is 1. The highest BCUT2D eigenvalue weighted by Crippen LogP contribution is 2.29. The van der Waals surface area contributed by atoms with Gasteiger partial charge in [-0.3, -0.25) is 4.79 Å². The highest BCUT2D eigenvalue weighted by atomic mass is 35.5. The summed E-state index contributed by atoms with van der Waals surface area (Å²) in [5.74, 6) is 0.147. The Hall–Kier alpha value is -1.59. The minimum Gasteiger partial charge on any atom is -0.345 e. The lowest BCUT2D eigenvalue weighted by Gasteiger charge is -2.33. The molecule has 4 nitrogen and oxygen atoms in total. The molecule has 1 aliphatic heterocycles. The fraction of sp³-hybridized carbons (Fsp3) is 0.333. The van der Waals surface area contributed by atoms with Gasteiger partial charge < -0.3 is 9.80 Å². The zero-order valence-electron chi connectivity index (χ0n) is 11.8. The Morgan fingerprint density at radius 2 is 2.05 bits per heavy atom. The normalized spacial score (nSPS) is 15.3. The first-order valence-electron chi connectivity index (χ1n) is 6.85. The number of anilines is 1. The number of hydrogen-bond acceptors (Lipinski definition) is 4. The maximum Gasteiger partial charge on any atom is 0.219 e. The van der Waals surface area contributed by atoms with Crippen molar-refractivity contribution < 1.29 is 4.79 Å². The van der Waals surface area contributed by atoms with Crippen LogP contribution in [0.2, 0.25) is 5.02 Å². The summed E-state index contributed by atoms with van der Waals surface area (Å²) < 4.78 is 0. The van der Waals surface area contributed by atoms with Crippen LogP contribution in [0.1, 0.15) is 6.92 Å². The second kappa shape index (κ2) is 6.03. The van der Waals surface area contributed by atoms with Crippen LogP contribution >= 0.6 is 22.9 Å². The molecule has 0 radical (unpaired) electrons. The van der Waals surface area contributed by atoms with Gasteiger partial charge in [0.1, 0.15) is 0 Å². The Kier molecular flexibility index (Phi) is 4.12. The van der Waals surface area contributed by atoms with Crippen molar-refractivity contribution in [2.24, 2.45) is 0 Å². The number of amides is 1. The summed E-state index contributed by atoms with van der Waals surface area (Å²) in [6.07, 6.45) is 0. The third-order valence-corrected chi connectivity index (χ3v) is 4.74. The highest BCUT2D eigenvalue weighted by molar-refractivity contribution is 7.14. The van der Waals surface area contributed by atoms with Crippen LogP contribution < -0.4 is 4.90 Å². The van der Waals surface area contributed by atoms with E-state index in [9.17, 15) is 4.79 Å². The van der Waals surface area contributed by atoms with Gasteiger partial charge in [-0.1, -0.05) is 23.7 Å². The number of rotatable bonds is 2. The van der Waals surface area contributed by atoms with E-state index in [1.165, 1.54) is 0 Å². The topological polar surface area (TPSA) is 36.4 Å². The van der Waals surface area contributed by atoms with E-state index in [4.69, 9.17) is 16.6 Å². The number of nitrogens with zero attached hydrogens (tertiary/aromatic N) is 3. The molecule has 1 aromatic heterocycles. The van der Waals surface area contributed by atoms with E-state index in [0.717, 1.165) is 47.6 Å². The maximum atomic E-state index is 11.3. The van der Waals surface area contributed by atoms with Gasteiger partial charge in [-0.15, -0.1) is 11.3 Å². The highest BCUT2D eigenvalue weighted by Gasteiger charge is 2.20. The largest absolute Gasteiger partial charge is 0.345 e. The number of hydrogen-bond donors (Lipinski definition) is 0. The van der Waals surface area contributed by atoms with Crippen molar-refractivity contribution in [3.05, 3.63) is 34.7 Å². The van der Waals surface area contributed by atoms with E-state index in [0.29, 0.717) is 0 Å². The fourth-order valence-corrected chi connectivity index (χ4v) is 3.48. The molecule has 2 aromatic rings. The van der Waals surface area contributed by atoms with E-state index < -0.39 is 0 Å². The molecule has 21 heavy (non-hydrogen) atoms. The van der Waals surface area contributed by atoms with Gasteiger partial charge in [0, 0.05) is 49.1 Å². The third kappa shape index (κ3) is 3.19. The van der Waals surface area contributed by atoms with Crippen molar-refractivity contribution in [1.82, 2.24) is 9.88 Å². The van der Waals surface area contributed by atoms with Crippen molar-refractivity contribution in [3.8, 4) is 11.3 Å². The fourth-order valence-electron chi connectivity index (χ4n) is 2.40. The molecule has 6 heteroatoms. The summed E-state index contributed by atoms with van der Waals surface area (Å²) in [6, 6.07) is 7.73. The van der Waals surface area contributed by atoms with E-state index >= 15 is 0 Å². The van der Waals surface area contributed by atoms with Gasteiger partial charge >= 0.3 is 0 Å². The Labute approximate surface area is 133 Å². The zero-order valence-corrected chi connectivity index (χ0v) is 13.3. The van der Waals surface area contributed by atoms with Gasteiger partial charge in [-0.25, -0.2) is 4.98 Å². The average molecular weight is 322 g/mol. The second-order valence-electron chi connectivity index (χ2n) is 5.02. The number of halogens is 1. The Balaban J connectivity index is 1.73. The molecule has 0 spiro atoms. The van der Waals surface area contributed by atoms with Gasteiger partial charge in [0.15, 0.2) is 5.13 Å². The molecule has 0 unspecified atom stereocenters. The summed E-state index contributed by atoms with van der Waals surface area (Å²) >= 11 is 7.66. The predicted molar refractivity (Wildman–Crippen MR) is 87.0 cm³/mol. The van der Waals surface area contributed by atoms with E-state index in [2.05, 4.69) is 10.3 Å². The van der Waals surface area contributed by atoms with Crippen molar-refractivity contribution in [2.45, 2.75) is 6.92 Å². The maximum absolute atomic E-state index is 11.3. The Bertz CT molecular complexity index is 650. The lowest BCUT2D eigenvalue weighted by Crippen LogP contribution is -2.48. The summed E-state index contributed by atoms with van der Waals surface area (Å²) in [5.41, 5.74) is 1.99. The average Bonchev–Trinajstić information content (AvgIpc) is 2.97. The number of benzene rings is 1. The van der Waals surface area contributed by atoms with Crippen LogP contribution in [0.5, 0.6) is 0 Å². The molecular weight excluding hydrogens is 306 g/mol. The molecule has 1 amide bonds. The summed E-state index contributed by atoms with van der Waals surface area (Å²) in [6.45, 7) is 4.82. The van der Waals surface area contributed by atoms with Crippen LogP contribution in [0, 0.1) is 0 Å². The molecule has 1 fully saturated rings. The molecule has 1 aliphatic rings. The molecule has 0 atom stereocenters. The molecule has 0 bridgehead atoms. The molecule has 1 aromatic carbocycles. The van der Waals surface area contributed by atoms with Crippen LogP contribution in [0.15, 0.2) is 29.6 Å². The lowest BCUT2D eigenvalue weighted by molar-refractivity contribution is -0.129. The smallest absolute Gasteiger partial charge is 0.219 e. The van der Waals surface area contributed by atoms with Crippen LogP contribution in [0.4, 0.5) is 5.13 Å². The quantitative estimate of drug-likeness (QED) is 0.852. The van der Waals surface area contributed by atoms with Gasteiger partial charge in [0.2, 0.25) is 5.91 Å². The zero-order chi connectivity index (χ0) is 14.8. The lowest BCUT2D eigenvalue weighted by atomic mass is 10.2. The molecule has 0 N–H and O–H groups in total. The van der Waals surface area contributed by atoms with Crippen LogP contribution in [0.3, 0.4) is 0 Å². The third-order valence-electron chi connectivity index (χ3n) is 3.61. The Morgan fingerprint density at radius 3 is 2.71 bits per heavy atom. The standard InChI is InChI=1S/C15H16ClN3OS/c1-11(20)18-5-7-19(8-6-18)15-17-14(10-21-15)12-3-2-4-13(16)9-12/h2-4,9-10H,5-8H2,1H3.